The van der Waals surface area contributed by atoms with Crippen LogP contribution in [0.3, 0.4) is 0 Å². The molecule has 0 amide bonds. The summed E-state index contributed by atoms with van der Waals surface area (Å²) < 4.78 is 11.5. The van der Waals surface area contributed by atoms with Crippen molar-refractivity contribution in [3.63, 3.8) is 0 Å². The molecule has 1 aromatic heterocycles. The van der Waals surface area contributed by atoms with Gasteiger partial charge in [-0.1, -0.05) is 60.7 Å². The van der Waals surface area contributed by atoms with Crippen LogP contribution < -0.4 is 0 Å². The SMILES string of the molecule is O=C(CCc1nc2ccccc2o1)OC1c2ccccc2-c2ccccc21. The molecule has 0 atom stereocenters. The number of benzene rings is 3. The lowest BCUT2D eigenvalue weighted by Crippen LogP contribution is -2.11. The molecule has 1 aliphatic rings. The van der Waals surface area contributed by atoms with E-state index in [1.165, 1.54) is 0 Å². The van der Waals surface area contributed by atoms with Crippen LogP contribution in [0.25, 0.3) is 22.2 Å². The molecule has 0 saturated heterocycles. The molecule has 0 spiro atoms. The molecule has 0 saturated carbocycles. The van der Waals surface area contributed by atoms with Crippen LogP contribution in [0.2, 0.25) is 0 Å². The highest BCUT2D eigenvalue weighted by molar-refractivity contribution is 5.80. The third-order valence-corrected chi connectivity index (χ3v) is 4.91. The number of esters is 1. The highest BCUT2D eigenvalue weighted by atomic mass is 16.5. The van der Waals surface area contributed by atoms with Crippen LogP contribution >= 0.6 is 0 Å². The number of hydrogen-bond donors (Lipinski definition) is 0. The zero-order chi connectivity index (χ0) is 18.2. The maximum Gasteiger partial charge on any atom is 0.307 e. The van der Waals surface area contributed by atoms with Crippen molar-refractivity contribution in [1.29, 1.82) is 0 Å². The molecule has 0 aliphatic heterocycles. The summed E-state index contributed by atoms with van der Waals surface area (Å²) in [6.45, 7) is 0. The molecular weight excluding hydrogens is 338 g/mol. The van der Waals surface area contributed by atoms with Gasteiger partial charge in [0.2, 0.25) is 0 Å². The second-order valence-electron chi connectivity index (χ2n) is 6.62. The fraction of sp³-hybridized carbons (Fsp3) is 0.130. The summed E-state index contributed by atoms with van der Waals surface area (Å²) in [6.07, 6.45) is 0.297. The molecule has 0 radical (unpaired) electrons. The fourth-order valence-electron chi connectivity index (χ4n) is 3.66. The third kappa shape index (κ3) is 2.79. The van der Waals surface area contributed by atoms with Crippen molar-refractivity contribution in [2.75, 3.05) is 0 Å². The monoisotopic (exact) mass is 355 g/mol. The Morgan fingerprint density at radius 1 is 0.889 bits per heavy atom. The molecule has 5 rings (SSSR count). The Kier molecular flexibility index (Phi) is 3.75. The highest BCUT2D eigenvalue weighted by Gasteiger charge is 2.30. The van der Waals surface area contributed by atoms with Gasteiger partial charge >= 0.3 is 5.97 Å². The number of oxazole rings is 1. The van der Waals surface area contributed by atoms with Crippen LogP contribution in [-0.4, -0.2) is 11.0 Å². The average molecular weight is 355 g/mol. The largest absolute Gasteiger partial charge is 0.452 e. The molecular formula is C23H17NO3. The summed E-state index contributed by atoms with van der Waals surface area (Å²) in [7, 11) is 0. The van der Waals surface area contributed by atoms with Crippen LogP contribution in [0.15, 0.2) is 77.2 Å². The van der Waals surface area contributed by atoms with Gasteiger partial charge < -0.3 is 9.15 Å². The van der Waals surface area contributed by atoms with Crippen molar-refractivity contribution in [2.45, 2.75) is 18.9 Å². The van der Waals surface area contributed by atoms with E-state index in [0.29, 0.717) is 12.3 Å². The number of hydrogen-bond acceptors (Lipinski definition) is 4. The van der Waals surface area contributed by atoms with E-state index in [1.807, 2.05) is 60.7 Å². The smallest absolute Gasteiger partial charge is 0.307 e. The first-order chi connectivity index (χ1) is 13.3. The van der Waals surface area contributed by atoms with Crippen LogP contribution in [0.5, 0.6) is 0 Å². The highest BCUT2D eigenvalue weighted by Crippen LogP contribution is 2.45. The first-order valence-electron chi connectivity index (χ1n) is 9.02. The number of rotatable bonds is 4. The molecule has 0 N–H and O–H groups in total. The van der Waals surface area contributed by atoms with Gasteiger partial charge in [0.05, 0.1) is 6.42 Å². The third-order valence-electron chi connectivity index (χ3n) is 4.91. The summed E-state index contributed by atoms with van der Waals surface area (Å²) in [5, 5.41) is 0. The lowest BCUT2D eigenvalue weighted by atomic mass is 10.1. The first-order valence-corrected chi connectivity index (χ1v) is 9.02. The van der Waals surface area contributed by atoms with E-state index in [4.69, 9.17) is 9.15 Å². The minimum absolute atomic E-state index is 0.230. The Bertz CT molecular complexity index is 1070. The lowest BCUT2D eigenvalue weighted by Gasteiger charge is -2.14. The molecule has 0 unspecified atom stereocenters. The molecule has 1 aliphatic carbocycles. The molecule has 27 heavy (non-hydrogen) atoms. The van der Waals surface area contributed by atoms with Gasteiger partial charge in [-0.05, 0) is 23.3 Å². The van der Waals surface area contributed by atoms with E-state index < -0.39 is 0 Å². The number of carbonyl (C=O) groups excluding carboxylic acids is 1. The van der Waals surface area contributed by atoms with Crippen molar-refractivity contribution in [3.8, 4) is 11.1 Å². The zero-order valence-electron chi connectivity index (χ0n) is 14.6. The molecule has 3 aromatic carbocycles. The minimum Gasteiger partial charge on any atom is -0.452 e. The van der Waals surface area contributed by atoms with Gasteiger partial charge in [0, 0.05) is 17.5 Å². The summed E-state index contributed by atoms with van der Waals surface area (Å²) in [6, 6.07) is 23.7. The van der Waals surface area contributed by atoms with E-state index >= 15 is 0 Å². The molecule has 132 valence electrons. The Hall–Kier alpha value is -3.40. The summed E-state index contributed by atoms with van der Waals surface area (Å²) in [5.74, 6) is 0.300. The number of ether oxygens (including phenoxy) is 1. The molecule has 4 aromatic rings. The van der Waals surface area contributed by atoms with Crippen molar-refractivity contribution in [2.24, 2.45) is 0 Å². The zero-order valence-corrected chi connectivity index (χ0v) is 14.6. The number of aromatic nitrogens is 1. The number of aryl methyl sites for hydroxylation is 1. The summed E-state index contributed by atoms with van der Waals surface area (Å²) >= 11 is 0. The Balaban J connectivity index is 1.33. The van der Waals surface area contributed by atoms with E-state index in [0.717, 1.165) is 33.4 Å². The van der Waals surface area contributed by atoms with Crippen LogP contribution in [-0.2, 0) is 16.0 Å². The number of carbonyl (C=O) groups is 1. The fourth-order valence-corrected chi connectivity index (χ4v) is 3.66. The Labute approximate surface area is 156 Å². The van der Waals surface area contributed by atoms with Gasteiger partial charge in [-0.25, -0.2) is 4.98 Å². The Morgan fingerprint density at radius 3 is 2.22 bits per heavy atom. The van der Waals surface area contributed by atoms with Gasteiger partial charge in [-0.15, -0.1) is 0 Å². The molecule has 4 nitrogen and oxygen atoms in total. The number of para-hydroxylation sites is 2. The van der Waals surface area contributed by atoms with Gasteiger partial charge in [0.15, 0.2) is 17.6 Å². The van der Waals surface area contributed by atoms with Crippen molar-refractivity contribution >= 4 is 17.1 Å². The quantitative estimate of drug-likeness (QED) is 0.479. The van der Waals surface area contributed by atoms with E-state index in [1.54, 1.807) is 0 Å². The van der Waals surface area contributed by atoms with Gasteiger partial charge in [0.25, 0.3) is 0 Å². The lowest BCUT2D eigenvalue weighted by molar-refractivity contribution is -0.147. The second kappa shape index (κ2) is 6.40. The molecule has 0 fully saturated rings. The predicted octanol–water partition coefficient (Wildman–Crippen LogP) is 5.07. The molecule has 4 heteroatoms. The van der Waals surface area contributed by atoms with Crippen molar-refractivity contribution in [3.05, 3.63) is 89.8 Å². The van der Waals surface area contributed by atoms with Gasteiger partial charge in [-0.3, -0.25) is 4.79 Å². The van der Waals surface area contributed by atoms with Crippen molar-refractivity contribution in [1.82, 2.24) is 4.98 Å². The topological polar surface area (TPSA) is 52.3 Å². The number of fused-ring (bicyclic) bond motifs is 4. The summed E-state index contributed by atoms with van der Waals surface area (Å²) in [4.78, 5) is 16.9. The maximum atomic E-state index is 12.5. The van der Waals surface area contributed by atoms with E-state index in [9.17, 15) is 4.79 Å². The standard InChI is InChI=1S/C23H17NO3/c25-22(14-13-21-24-19-11-5-6-12-20(19)26-21)27-23-17-9-3-1-7-15(17)16-8-2-4-10-18(16)23/h1-12,23H,13-14H2. The maximum absolute atomic E-state index is 12.5. The van der Waals surface area contributed by atoms with E-state index in [-0.39, 0.29) is 18.5 Å². The predicted molar refractivity (Wildman–Crippen MR) is 102 cm³/mol. The second-order valence-corrected chi connectivity index (χ2v) is 6.62. The van der Waals surface area contributed by atoms with Gasteiger partial charge in [-0.2, -0.15) is 0 Å². The van der Waals surface area contributed by atoms with Crippen LogP contribution in [0.4, 0.5) is 0 Å². The van der Waals surface area contributed by atoms with E-state index in [2.05, 4.69) is 17.1 Å². The first kappa shape index (κ1) is 15.8. The Morgan fingerprint density at radius 2 is 1.52 bits per heavy atom. The minimum atomic E-state index is -0.353. The average Bonchev–Trinajstić information content (AvgIpc) is 3.26. The normalized spacial score (nSPS) is 12.7. The molecule has 1 heterocycles. The van der Waals surface area contributed by atoms with Crippen LogP contribution in [0.1, 0.15) is 29.5 Å². The molecule has 0 bridgehead atoms. The summed E-state index contributed by atoms with van der Waals surface area (Å²) in [5.41, 5.74) is 5.87. The van der Waals surface area contributed by atoms with Crippen molar-refractivity contribution < 1.29 is 13.9 Å². The van der Waals surface area contributed by atoms with Crippen LogP contribution in [0, 0.1) is 0 Å². The number of nitrogens with zero attached hydrogens (tertiary/aromatic N) is 1. The van der Waals surface area contributed by atoms with Gasteiger partial charge in [0.1, 0.15) is 5.52 Å².